The van der Waals surface area contributed by atoms with Gasteiger partial charge in [-0.15, -0.1) is 0 Å². The summed E-state index contributed by atoms with van der Waals surface area (Å²) in [6.07, 6.45) is 1.21. The fourth-order valence-corrected chi connectivity index (χ4v) is 3.49. The third-order valence-corrected chi connectivity index (χ3v) is 5.22. The number of carbonyl (C=O) groups is 2. The lowest BCUT2D eigenvalue weighted by Crippen LogP contribution is -2.34. The summed E-state index contributed by atoms with van der Waals surface area (Å²) in [6, 6.07) is 1.81. The molecule has 1 aliphatic heterocycles. The van der Waals surface area contributed by atoms with Gasteiger partial charge < -0.3 is 10.4 Å². The first-order valence-corrected chi connectivity index (χ1v) is 7.92. The summed E-state index contributed by atoms with van der Waals surface area (Å²) in [7, 11) is 0. The minimum absolute atomic E-state index is 0.0272. The van der Waals surface area contributed by atoms with Gasteiger partial charge in [0, 0.05) is 10.5 Å². The molecule has 0 spiro atoms. The van der Waals surface area contributed by atoms with Crippen molar-refractivity contribution in [3.8, 4) is 0 Å². The summed E-state index contributed by atoms with van der Waals surface area (Å²) in [5.41, 5.74) is 1.61. The van der Waals surface area contributed by atoms with Gasteiger partial charge in [0.15, 0.2) is 0 Å². The number of hydrogen-bond donors (Lipinski definition) is 2. The van der Waals surface area contributed by atoms with Crippen molar-refractivity contribution in [2.75, 3.05) is 18.5 Å². The van der Waals surface area contributed by atoms with Gasteiger partial charge in [0.2, 0.25) is 0 Å². The summed E-state index contributed by atoms with van der Waals surface area (Å²) < 4.78 is 1.32. The molecule has 112 valence electrons. The summed E-state index contributed by atoms with van der Waals surface area (Å²) >= 11 is 12.8. The van der Waals surface area contributed by atoms with Gasteiger partial charge in [0.05, 0.1) is 28.3 Å². The van der Waals surface area contributed by atoms with Crippen molar-refractivity contribution in [1.29, 1.82) is 0 Å². The lowest BCUT2D eigenvalue weighted by Gasteiger charge is -2.16. The molecule has 2 amide bonds. The van der Waals surface area contributed by atoms with Crippen LogP contribution in [0.2, 0.25) is 5.02 Å². The zero-order chi connectivity index (χ0) is 15.7. The zero-order valence-corrected chi connectivity index (χ0v) is 14.8. The number of halogens is 3. The van der Waals surface area contributed by atoms with Crippen molar-refractivity contribution in [3.05, 3.63) is 37.4 Å². The second-order valence-electron chi connectivity index (χ2n) is 4.38. The molecule has 0 fully saturated rings. The largest absolute Gasteiger partial charge is 0.395 e. The van der Waals surface area contributed by atoms with Gasteiger partial charge in [-0.2, -0.15) is 0 Å². The Morgan fingerprint density at radius 1 is 1.38 bits per heavy atom. The second kappa shape index (κ2) is 6.48. The van der Waals surface area contributed by atoms with Gasteiger partial charge in [-0.25, -0.2) is 0 Å². The number of anilines is 1. The zero-order valence-electron chi connectivity index (χ0n) is 10.9. The second-order valence-corrected chi connectivity index (χ2v) is 6.41. The van der Waals surface area contributed by atoms with Crippen LogP contribution in [0.1, 0.15) is 5.56 Å². The SMILES string of the molecule is Cc1cc(Br)c(Cl)c(Br)c1NC1=CC(=O)N(CCO)C1=O. The molecule has 0 bridgehead atoms. The monoisotopic (exact) mass is 436 g/mol. The molecular weight excluding hydrogens is 427 g/mol. The van der Waals surface area contributed by atoms with Crippen LogP contribution in [0.4, 0.5) is 5.69 Å². The van der Waals surface area contributed by atoms with Crippen LogP contribution in [-0.2, 0) is 9.59 Å². The van der Waals surface area contributed by atoms with Crippen LogP contribution in [0.25, 0.3) is 0 Å². The van der Waals surface area contributed by atoms with Gasteiger partial charge in [-0.05, 0) is 50.4 Å². The Balaban J connectivity index is 2.32. The van der Waals surface area contributed by atoms with Gasteiger partial charge >= 0.3 is 0 Å². The third kappa shape index (κ3) is 3.15. The van der Waals surface area contributed by atoms with Crippen LogP contribution in [0.15, 0.2) is 26.8 Å². The quantitative estimate of drug-likeness (QED) is 0.560. The van der Waals surface area contributed by atoms with E-state index in [1.54, 1.807) is 0 Å². The molecule has 0 aliphatic carbocycles. The minimum atomic E-state index is -0.473. The summed E-state index contributed by atoms with van der Waals surface area (Å²) in [5, 5.41) is 12.3. The molecule has 0 unspecified atom stereocenters. The molecule has 0 atom stereocenters. The van der Waals surface area contributed by atoms with E-state index in [0.717, 1.165) is 14.9 Å². The minimum Gasteiger partial charge on any atom is -0.395 e. The average molecular weight is 439 g/mol. The summed E-state index contributed by atoms with van der Waals surface area (Å²) in [4.78, 5) is 24.8. The molecule has 21 heavy (non-hydrogen) atoms. The highest BCUT2D eigenvalue weighted by Crippen LogP contribution is 2.39. The third-order valence-electron chi connectivity index (χ3n) is 2.95. The maximum atomic E-state index is 12.1. The number of nitrogens with zero attached hydrogens (tertiary/aromatic N) is 1. The number of imide groups is 1. The Morgan fingerprint density at radius 2 is 2.05 bits per heavy atom. The van der Waals surface area contributed by atoms with E-state index in [9.17, 15) is 9.59 Å². The van der Waals surface area contributed by atoms with Gasteiger partial charge in [-0.3, -0.25) is 14.5 Å². The molecule has 2 N–H and O–H groups in total. The highest BCUT2D eigenvalue weighted by Gasteiger charge is 2.31. The van der Waals surface area contributed by atoms with E-state index in [4.69, 9.17) is 16.7 Å². The van der Waals surface area contributed by atoms with Crippen LogP contribution in [0.3, 0.4) is 0 Å². The first-order chi connectivity index (χ1) is 9.86. The molecule has 8 heteroatoms. The van der Waals surface area contributed by atoms with Gasteiger partial charge in [0.25, 0.3) is 11.8 Å². The normalized spacial score (nSPS) is 14.7. The Labute approximate surface area is 143 Å². The van der Waals surface area contributed by atoms with Crippen molar-refractivity contribution in [2.24, 2.45) is 0 Å². The van der Waals surface area contributed by atoms with Crippen molar-refractivity contribution in [2.45, 2.75) is 6.92 Å². The standard InChI is InChI=1S/C13H11Br2ClN2O3/c1-6-4-7(14)11(16)10(15)12(6)17-8-5-9(20)18(2-3-19)13(8)21/h4-5,17,19H,2-3H2,1H3. The van der Waals surface area contributed by atoms with E-state index < -0.39 is 11.8 Å². The van der Waals surface area contributed by atoms with Crippen LogP contribution >= 0.6 is 43.5 Å². The molecule has 0 saturated carbocycles. The highest BCUT2D eigenvalue weighted by molar-refractivity contribution is 9.11. The average Bonchev–Trinajstić information content (AvgIpc) is 2.69. The lowest BCUT2D eigenvalue weighted by molar-refractivity contribution is -0.137. The van der Waals surface area contributed by atoms with E-state index in [1.165, 1.54) is 6.08 Å². The van der Waals surface area contributed by atoms with Crippen molar-refractivity contribution >= 4 is 61.0 Å². The molecule has 1 aliphatic rings. The Kier molecular flexibility index (Phi) is 5.08. The molecule has 5 nitrogen and oxygen atoms in total. The van der Waals surface area contributed by atoms with Gasteiger partial charge in [0.1, 0.15) is 5.70 Å². The molecular formula is C13H11Br2ClN2O3. The number of carbonyl (C=O) groups excluding carboxylic acids is 2. The van der Waals surface area contributed by atoms with Crippen molar-refractivity contribution < 1.29 is 14.7 Å². The maximum absolute atomic E-state index is 12.1. The predicted molar refractivity (Wildman–Crippen MR) is 87.1 cm³/mol. The maximum Gasteiger partial charge on any atom is 0.277 e. The fraction of sp³-hybridized carbons (Fsp3) is 0.231. The predicted octanol–water partition coefficient (Wildman–Crippen LogP) is 2.83. The lowest BCUT2D eigenvalue weighted by atomic mass is 10.2. The fourth-order valence-electron chi connectivity index (χ4n) is 1.91. The summed E-state index contributed by atoms with van der Waals surface area (Å²) in [6.45, 7) is 1.55. The number of aryl methyl sites for hydroxylation is 1. The van der Waals surface area contributed by atoms with Gasteiger partial charge in [-0.1, -0.05) is 11.6 Å². The molecule has 1 aromatic carbocycles. The molecule has 1 heterocycles. The highest BCUT2D eigenvalue weighted by atomic mass is 79.9. The van der Waals surface area contributed by atoms with E-state index >= 15 is 0 Å². The van der Waals surface area contributed by atoms with Crippen LogP contribution in [0, 0.1) is 6.92 Å². The molecule has 0 saturated heterocycles. The Morgan fingerprint density at radius 3 is 2.67 bits per heavy atom. The number of nitrogens with one attached hydrogen (secondary N) is 1. The number of β-amino-alcohol motifs (C(OH)–C–C–N with tert-alkyl or cyclic N) is 1. The molecule has 0 aromatic heterocycles. The summed E-state index contributed by atoms with van der Waals surface area (Å²) in [5.74, 6) is -0.923. The molecule has 0 radical (unpaired) electrons. The van der Waals surface area contributed by atoms with Crippen LogP contribution in [0.5, 0.6) is 0 Å². The van der Waals surface area contributed by atoms with Crippen molar-refractivity contribution in [1.82, 2.24) is 4.90 Å². The van der Waals surface area contributed by atoms with Crippen LogP contribution < -0.4 is 5.32 Å². The van der Waals surface area contributed by atoms with Crippen LogP contribution in [-0.4, -0.2) is 35.0 Å². The smallest absolute Gasteiger partial charge is 0.277 e. The first-order valence-electron chi connectivity index (χ1n) is 5.96. The number of rotatable bonds is 4. The van der Waals surface area contributed by atoms with E-state index in [1.807, 2.05) is 13.0 Å². The van der Waals surface area contributed by atoms with E-state index in [0.29, 0.717) is 15.2 Å². The van der Waals surface area contributed by atoms with Crippen molar-refractivity contribution in [3.63, 3.8) is 0 Å². The van der Waals surface area contributed by atoms with E-state index in [-0.39, 0.29) is 18.8 Å². The number of amides is 2. The number of aliphatic hydroxyl groups excluding tert-OH is 1. The van der Waals surface area contributed by atoms with E-state index in [2.05, 4.69) is 37.2 Å². The number of hydrogen-bond acceptors (Lipinski definition) is 4. The number of benzene rings is 1. The number of aliphatic hydroxyl groups is 1. The Hall–Kier alpha value is -0.890. The topological polar surface area (TPSA) is 69.6 Å². The molecule has 1 aromatic rings. The first kappa shape index (κ1) is 16.5. The molecule has 2 rings (SSSR count). The Bertz CT molecular complexity index is 661.